The van der Waals surface area contributed by atoms with Gasteiger partial charge in [-0.1, -0.05) is 63.5 Å². The number of rotatable bonds is 4. The summed E-state index contributed by atoms with van der Waals surface area (Å²) in [7, 11) is 0. The van der Waals surface area contributed by atoms with E-state index in [2.05, 4.69) is 44.2 Å². The zero-order chi connectivity index (χ0) is 12.8. The zero-order valence-electron chi connectivity index (χ0n) is 11.9. The third kappa shape index (κ3) is 3.25. The van der Waals surface area contributed by atoms with E-state index in [1.54, 1.807) is 5.57 Å². The van der Waals surface area contributed by atoms with Crippen LogP contribution in [0.5, 0.6) is 0 Å². The summed E-state index contributed by atoms with van der Waals surface area (Å²) in [6, 6.07) is 9.24. The van der Waals surface area contributed by atoms with Gasteiger partial charge in [0.1, 0.15) is 0 Å². The standard InChI is InChI=1S/C18H26/c1-3-8-18(16-9-6-5-7-10-16)17-13-11-15(4-2)12-14-17/h8,11-14,16H,3-7,9-10H2,1-2H3. The molecule has 1 saturated carbocycles. The molecule has 0 heterocycles. The van der Waals surface area contributed by atoms with E-state index in [9.17, 15) is 0 Å². The predicted octanol–water partition coefficient (Wildman–Crippen LogP) is 5.62. The summed E-state index contributed by atoms with van der Waals surface area (Å²) in [5, 5.41) is 0. The van der Waals surface area contributed by atoms with Gasteiger partial charge >= 0.3 is 0 Å². The van der Waals surface area contributed by atoms with E-state index < -0.39 is 0 Å². The van der Waals surface area contributed by atoms with Gasteiger partial charge in [-0.3, -0.25) is 0 Å². The van der Waals surface area contributed by atoms with E-state index in [0.717, 1.165) is 18.8 Å². The van der Waals surface area contributed by atoms with Crippen molar-refractivity contribution in [1.82, 2.24) is 0 Å². The highest BCUT2D eigenvalue weighted by Crippen LogP contribution is 2.35. The molecule has 2 rings (SSSR count). The Morgan fingerprint density at radius 2 is 1.72 bits per heavy atom. The SMILES string of the molecule is CCC=C(c1ccc(CC)cc1)C1CCCCC1. The molecule has 18 heavy (non-hydrogen) atoms. The Kier molecular flexibility index (Phi) is 5.04. The molecular weight excluding hydrogens is 216 g/mol. The molecule has 0 bridgehead atoms. The van der Waals surface area contributed by atoms with Gasteiger partial charge in [0.2, 0.25) is 0 Å². The van der Waals surface area contributed by atoms with Crippen LogP contribution >= 0.6 is 0 Å². The van der Waals surface area contributed by atoms with Gasteiger partial charge < -0.3 is 0 Å². The second kappa shape index (κ2) is 6.78. The van der Waals surface area contributed by atoms with Crippen LogP contribution in [-0.2, 0) is 6.42 Å². The molecule has 0 spiro atoms. The van der Waals surface area contributed by atoms with E-state index in [4.69, 9.17) is 0 Å². The molecule has 98 valence electrons. The van der Waals surface area contributed by atoms with Gasteiger partial charge in [0, 0.05) is 0 Å². The molecule has 1 aromatic rings. The molecule has 0 unspecified atom stereocenters. The minimum absolute atomic E-state index is 0.811. The second-order valence-corrected chi connectivity index (χ2v) is 5.45. The summed E-state index contributed by atoms with van der Waals surface area (Å²) >= 11 is 0. The lowest BCUT2D eigenvalue weighted by Crippen LogP contribution is -2.08. The first kappa shape index (κ1) is 13.4. The van der Waals surface area contributed by atoms with Gasteiger partial charge in [-0.2, -0.15) is 0 Å². The van der Waals surface area contributed by atoms with E-state index >= 15 is 0 Å². The van der Waals surface area contributed by atoms with Crippen LogP contribution in [0.2, 0.25) is 0 Å². The summed E-state index contributed by atoms with van der Waals surface area (Å²) in [6.07, 6.45) is 11.8. The van der Waals surface area contributed by atoms with Crippen LogP contribution in [0.1, 0.15) is 63.5 Å². The van der Waals surface area contributed by atoms with E-state index in [0.29, 0.717) is 0 Å². The minimum Gasteiger partial charge on any atom is -0.0807 e. The maximum atomic E-state index is 2.46. The molecule has 0 saturated heterocycles. The van der Waals surface area contributed by atoms with E-state index in [-0.39, 0.29) is 0 Å². The molecule has 1 fully saturated rings. The molecule has 0 radical (unpaired) electrons. The zero-order valence-corrected chi connectivity index (χ0v) is 11.9. The smallest absolute Gasteiger partial charge is 0.0159 e. The monoisotopic (exact) mass is 242 g/mol. The van der Waals surface area contributed by atoms with Crippen LogP contribution in [0.25, 0.3) is 5.57 Å². The van der Waals surface area contributed by atoms with Gasteiger partial charge in [0.05, 0.1) is 0 Å². The highest BCUT2D eigenvalue weighted by molar-refractivity contribution is 5.67. The Hall–Kier alpha value is -1.04. The van der Waals surface area contributed by atoms with Crippen LogP contribution in [0.4, 0.5) is 0 Å². The van der Waals surface area contributed by atoms with Crippen molar-refractivity contribution < 1.29 is 0 Å². The lowest BCUT2D eigenvalue weighted by molar-refractivity contribution is 0.429. The Morgan fingerprint density at radius 3 is 2.28 bits per heavy atom. The minimum atomic E-state index is 0.811. The van der Waals surface area contributed by atoms with Crippen molar-refractivity contribution in [2.24, 2.45) is 5.92 Å². The number of benzene rings is 1. The molecule has 0 aliphatic heterocycles. The Labute approximate surface area is 112 Å². The molecule has 1 aromatic carbocycles. The maximum absolute atomic E-state index is 2.46. The fraction of sp³-hybridized carbons (Fsp3) is 0.556. The summed E-state index contributed by atoms with van der Waals surface area (Å²) in [6.45, 7) is 4.47. The lowest BCUT2D eigenvalue weighted by Gasteiger charge is -2.25. The van der Waals surface area contributed by atoms with Crippen molar-refractivity contribution >= 4 is 5.57 Å². The lowest BCUT2D eigenvalue weighted by atomic mass is 9.80. The number of hydrogen-bond donors (Lipinski definition) is 0. The quantitative estimate of drug-likeness (QED) is 0.642. The molecule has 0 heteroatoms. The molecule has 1 aliphatic rings. The van der Waals surface area contributed by atoms with Crippen molar-refractivity contribution in [2.75, 3.05) is 0 Å². The van der Waals surface area contributed by atoms with Gasteiger partial charge in [-0.25, -0.2) is 0 Å². The molecule has 0 aromatic heterocycles. The molecular formula is C18H26. The first-order valence-electron chi connectivity index (χ1n) is 7.64. The third-order valence-electron chi connectivity index (χ3n) is 4.16. The Morgan fingerprint density at radius 1 is 1.06 bits per heavy atom. The first-order valence-corrected chi connectivity index (χ1v) is 7.64. The van der Waals surface area contributed by atoms with Gasteiger partial charge in [-0.05, 0) is 48.3 Å². The number of hydrogen-bond acceptors (Lipinski definition) is 0. The summed E-state index contributed by atoms with van der Waals surface area (Å²) in [4.78, 5) is 0. The summed E-state index contributed by atoms with van der Waals surface area (Å²) in [5.41, 5.74) is 4.51. The first-order chi connectivity index (χ1) is 8.85. The molecule has 0 N–H and O–H groups in total. The van der Waals surface area contributed by atoms with Gasteiger partial charge in [-0.15, -0.1) is 0 Å². The van der Waals surface area contributed by atoms with Crippen LogP contribution in [0.3, 0.4) is 0 Å². The van der Waals surface area contributed by atoms with Crippen LogP contribution in [0, 0.1) is 5.92 Å². The van der Waals surface area contributed by atoms with Crippen molar-refractivity contribution in [3.8, 4) is 0 Å². The fourth-order valence-corrected chi connectivity index (χ4v) is 3.09. The number of allylic oxidation sites excluding steroid dienone is 2. The van der Waals surface area contributed by atoms with E-state index in [1.165, 1.54) is 43.2 Å². The molecule has 1 aliphatic carbocycles. The molecule has 0 amide bonds. The van der Waals surface area contributed by atoms with Gasteiger partial charge in [0.15, 0.2) is 0 Å². The molecule has 0 atom stereocenters. The second-order valence-electron chi connectivity index (χ2n) is 5.45. The normalized spacial score (nSPS) is 18.0. The van der Waals surface area contributed by atoms with Crippen molar-refractivity contribution in [1.29, 1.82) is 0 Å². The van der Waals surface area contributed by atoms with Crippen LogP contribution in [0.15, 0.2) is 30.3 Å². The maximum Gasteiger partial charge on any atom is -0.0159 e. The highest BCUT2D eigenvalue weighted by atomic mass is 14.2. The number of aryl methyl sites for hydroxylation is 1. The summed E-state index contributed by atoms with van der Waals surface area (Å²) in [5.74, 6) is 0.811. The Balaban J connectivity index is 2.20. The third-order valence-corrected chi connectivity index (χ3v) is 4.16. The van der Waals surface area contributed by atoms with Crippen LogP contribution in [-0.4, -0.2) is 0 Å². The van der Waals surface area contributed by atoms with E-state index in [1.807, 2.05) is 0 Å². The topological polar surface area (TPSA) is 0 Å². The van der Waals surface area contributed by atoms with Crippen molar-refractivity contribution in [3.63, 3.8) is 0 Å². The highest BCUT2D eigenvalue weighted by Gasteiger charge is 2.18. The largest absolute Gasteiger partial charge is 0.0807 e. The average Bonchev–Trinajstić information content (AvgIpc) is 2.46. The molecule has 0 nitrogen and oxygen atoms in total. The van der Waals surface area contributed by atoms with Crippen LogP contribution < -0.4 is 0 Å². The predicted molar refractivity (Wildman–Crippen MR) is 80.7 cm³/mol. The Bertz CT molecular complexity index is 377. The fourth-order valence-electron chi connectivity index (χ4n) is 3.09. The van der Waals surface area contributed by atoms with Gasteiger partial charge in [0.25, 0.3) is 0 Å². The van der Waals surface area contributed by atoms with Crippen molar-refractivity contribution in [2.45, 2.75) is 58.8 Å². The average molecular weight is 242 g/mol. The van der Waals surface area contributed by atoms with Crippen molar-refractivity contribution in [3.05, 3.63) is 41.5 Å². The summed E-state index contributed by atoms with van der Waals surface area (Å²) < 4.78 is 0.